The van der Waals surface area contributed by atoms with Gasteiger partial charge < -0.3 is 10.4 Å². The molecule has 1 saturated heterocycles. The average Bonchev–Trinajstić information content (AvgIpc) is 2.34. The van der Waals surface area contributed by atoms with E-state index in [1.165, 1.54) is 12.8 Å². The van der Waals surface area contributed by atoms with E-state index in [1.54, 1.807) is 0 Å². The van der Waals surface area contributed by atoms with Gasteiger partial charge in [0.2, 0.25) is 5.91 Å². The van der Waals surface area contributed by atoms with Crippen molar-refractivity contribution in [3.8, 4) is 0 Å². The molecule has 4 unspecified atom stereocenters. The van der Waals surface area contributed by atoms with E-state index < -0.39 is 12.0 Å². The highest BCUT2D eigenvalue weighted by atomic mass is 16.4. The lowest BCUT2D eigenvalue weighted by atomic mass is 9.78. The monoisotopic (exact) mass is 268 g/mol. The standard InChI is InChI=1S/C14H24N2O3/c1-9-3-4-10(2)11(7-9)16-6-5-15-14(19)12(16)8-13(17)18/h9-12H,3-8H2,1-2H3,(H,15,19)(H,17,18). The molecule has 2 N–H and O–H groups in total. The molecule has 5 heteroatoms. The van der Waals surface area contributed by atoms with Crippen molar-refractivity contribution in [2.75, 3.05) is 13.1 Å². The fourth-order valence-corrected chi connectivity index (χ4v) is 3.47. The van der Waals surface area contributed by atoms with Crippen molar-refractivity contribution in [1.82, 2.24) is 10.2 Å². The summed E-state index contributed by atoms with van der Waals surface area (Å²) in [5.41, 5.74) is 0. The molecular weight excluding hydrogens is 244 g/mol. The fourth-order valence-electron chi connectivity index (χ4n) is 3.47. The minimum atomic E-state index is -0.899. The van der Waals surface area contributed by atoms with Gasteiger partial charge in [0.05, 0.1) is 12.5 Å². The molecule has 2 rings (SSSR count). The number of hydrogen-bond acceptors (Lipinski definition) is 3. The smallest absolute Gasteiger partial charge is 0.305 e. The summed E-state index contributed by atoms with van der Waals surface area (Å²) in [4.78, 5) is 25.1. The summed E-state index contributed by atoms with van der Waals surface area (Å²) in [5, 5.41) is 11.8. The molecular formula is C14H24N2O3. The molecule has 1 amide bonds. The Morgan fingerprint density at radius 3 is 2.84 bits per heavy atom. The molecule has 0 aromatic heterocycles. The van der Waals surface area contributed by atoms with Crippen LogP contribution in [0.4, 0.5) is 0 Å². The average molecular weight is 268 g/mol. The van der Waals surface area contributed by atoms with Crippen LogP contribution in [0.25, 0.3) is 0 Å². The summed E-state index contributed by atoms with van der Waals surface area (Å²) in [7, 11) is 0. The number of carbonyl (C=O) groups excluding carboxylic acids is 1. The zero-order chi connectivity index (χ0) is 14.0. The summed E-state index contributed by atoms with van der Waals surface area (Å²) in [6.07, 6.45) is 3.39. The maximum atomic E-state index is 12.0. The van der Waals surface area contributed by atoms with Gasteiger partial charge in [0, 0.05) is 19.1 Å². The van der Waals surface area contributed by atoms with E-state index in [1.807, 2.05) is 0 Å². The Hall–Kier alpha value is -1.10. The molecule has 1 saturated carbocycles. The SMILES string of the molecule is CC1CCC(C)C(N2CCNC(=O)C2CC(=O)O)C1. The van der Waals surface area contributed by atoms with E-state index in [4.69, 9.17) is 5.11 Å². The number of nitrogens with zero attached hydrogens (tertiary/aromatic N) is 1. The summed E-state index contributed by atoms with van der Waals surface area (Å²) in [6, 6.07) is -0.150. The molecule has 0 bridgehead atoms. The Morgan fingerprint density at radius 1 is 1.42 bits per heavy atom. The van der Waals surface area contributed by atoms with Gasteiger partial charge in [0.15, 0.2) is 0 Å². The van der Waals surface area contributed by atoms with Crippen LogP contribution in [0.2, 0.25) is 0 Å². The third kappa shape index (κ3) is 3.26. The van der Waals surface area contributed by atoms with Gasteiger partial charge in [-0.05, 0) is 24.7 Å². The van der Waals surface area contributed by atoms with Crippen molar-refractivity contribution in [3.05, 3.63) is 0 Å². The minimum Gasteiger partial charge on any atom is -0.481 e. The van der Waals surface area contributed by atoms with E-state index in [0.29, 0.717) is 24.4 Å². The molecule has 0 radical (unpaired) electrons. The van der Waals surface area contributed by atoms with Gasteiger partial charge in [-0.15, -0.1) is 0 Å². The van der Waals surface area contributed by atoms with Crippen molar-refractivity contribution in [2.45, 2.75) is 51.6 Å². The van der Waals surface area contributed by atoms with Gasteiger partial charge >= 0.3 is 5.97 Å². The predicted octanol–water partition coefficient (Wildman–Crippen LogP) is 1.09. The van der Waals surface area contributed by atoms with Gasteiger partial charge in [-0.1, -0.05) is 20.3 Å². The molecule has 108 valence electrons. The van der Waals surface area contributed by atoms with Crippen molar-refractivity contribution in [2.24, 2.45) is 11.8 Å². The fraction of sp³-hybridized carbons (Fsp3) is 0.857. The topological polar surface area (TPSA) is 69.6 Å². The van der Waals surface area contributed by atoms with Gasteiger partial charge in [0.25, 0.3) is 0 Å². The number of carboxylic acid groups (broad SMARTS) is 1. The van der Waals surface area contributed by atoms with Crippen LogP contribution in [-0.2, 0) is 9.59 Å². The first-order valence-electron chi connectivity index (χ1n) is 7.24. The zero-order valence-electron chi connectivity index (χ0n) is 11.8. The molecule has 19 heavy (non-hydrogen) atoms. The van der Waals surface area contributed by atoms with Crippen LogP contribution in [0.15, 0.2) is 0 Å². The van der Waals surface area contributed by atoms with E-state index in [2.05, 4.69) is 24.1 Å². The first kappa shape index (κ1) is 14.3. The molecule has 0 spiro atoms. The van der Waals surface area contributed by atoms with Crippen LogP contribution in [-0.4, -0.2) is 47.1 Å². The normalized spacial score (nSPS) is 36.8. The lowest BCUT2D eigenvalue weighted by molar-refractivity contribution is -0.144. The van der Waals surface area contributed by atoms with Crippen molar-refractivity contribution < 1.29 is 14.7 Å². The highest BCUT2D eigenvalue weighted by Gasteiger charge is 2.39. The number of carboxylic acids is 1. The number of carbonyl (C=O) groups is 2. The molecule has 4 atom stereocenters. The first-order valence-corrected chi connectivity index (χ1v) is 7.24. The number of hydrogen-bond donors (Lipinski definition) is 2. The molecule has 0 aromatic rings. The summed E-state index contributed by atoms with van der Waals surface area (Å²) >= 11 is 0. The second-order valence-corrected chi connectivity index (χ2v) is 6.11. The van der Waals surface area contributed by atoms with Gasteiger partial charge in [-0.25, -0.2) is 0 Å². The van der Waals surface area contributed by atoms with E-state index >= 15 is 0 Å². The molecule has 1 aliphatic heterocycles. The largest absolute Gasteiger partial charge is 0.481 e. The Kier molecular flexibility index (Phi) is 4.45. The van der Waals surface area contributed by atoms with Crippen LogP contribution in [0.3, 0.4) is 0 Å². The molecule has 2 fully saturated rings. The zero-order valence-corrected chi connectivity index (χ0v) is 11.8. The predicted molar refractivity (Wildman–Crippen MR) is 71.7 cm³/mol. The van der Waals surface area contributed by atoms with Gasteiger partial charge in [0.1, 0.15) is 0 Å². The Bertz CT molecular complexity index is 359. The quantitative estimate of drug-likeness (QED) is 0.804. The number of rotatable bonds is 3. The minimum absolute atomic E-state index is 0.0938. The third-order valence-electron chi connectivity index (χ3n) is 4.58. The lowest BCUT2D eigenvalue weighted by Crippen LogP contribution is -2.61. The number of aliphatic carboxylic acids is 1. The molecule has 2 aliphatic rings. The summed E-state index contributed by atoms with van der Waals surface area (Å²) < 4.78 is 0. The highest BCUT2D eigenvalue weighted by molar-refractivity contribution is 5.86. The summed E-state index contributed by atoms with van der Waals surface area (Å²) in [6.45, 7) is 5.87. The first-order chi connectivity index (χ1) is 8.99. The Morgan fingerprint density at radius 2 is 2.16 bits per heavy atom. The third-order valence-corrected chi connectivity index (χ3v) is 4.58. The Labute approximate surface area is 114 Å². The Balaban J connectivity index is 2.13. The van der Waals surface area contributed by atoms with Crippen molar-refractivity contribution >= 4 is 11.9 Å². The maximum absolute atomic E-state index is 12.0. The highest BCUT2D eigenvalue weighted by Crippen LogP contribution is 2.33. The maximum Gasteiger partial charge on any atom is 0.305 e. The van der Waals surface area contributed by atoms with Crippen molar-refractivity contribution in [1.29, 1.82) is 0 Å². The van der Waals surface area contributed by atoms with E-state index in [0.717, 1.165) is 13.0 Å². The number of piperazine rings is 1. The van der Waals surface area contributed by atoms with Gasteiger partial charge in [-0.3, -0.25) is 14.5 Å². The lowest BCUT2D eigenvalue weighted by Gasteiger charge is -2.45. The van der Waals surface area contributed by atoms with Crippen molar-refractivity contribution in [3.63, 3.8) is 0 Å². The summed E-state index contributed by atoms with van der Waals surface area (Å²) in [5.74, 6) is 0.178. The van der Waals surface area contributed by atoms with E-state index in [9.17, 15) is 9.59 Å². The van der Waals surface area contributed by atoms with Crippen LogP contribution in [0.1, 0.15) is 39.5 Å². The number of nitrogens with one attached hydrogen (secondary N) is 1. The second-order valence-electron chi connectivity index (χ2n) is 6.11. The molecule has 5 nitrogen and oxygen atoms in total. The second kappa shape index (κ2) is 5.90. The molecule has 0 aromatic carbocycles. The molecule has 1 aliphatic carbocycles. The van der Waals surface area contributed by atoms with Crippen LogP contribution in [0.5, 0.6) is 0 Å². The van der Waals surface area contributed by atoms with Crippen LogP contribution < -0.4 is 5.32 Å². The molecule has 1 heterocycles. The number of amides is 1. The van der Waals surface area contributed by atoms with Crippen LogP contribution in [0, 0.1) is 11.8 Å². The van der Waals surface area contributed by atoms with Crippen LogP contribution >= 0.6 is 0 Å². The van der Waals surface area contributed by atoms with Gasteiger partial charge in [-0.2, -0.15) is 0 Å². The van der Waals surface area contributed by atoms with E-state index in [-0.39, 0.29) is 12.3 Å².